The topological polar surface area (TPSA) is 30.0 Å². The normalized spacial score (nSPS) is 10.4. The lowest BCUT2D eigenvalue weighted by molar-refractivity contribution is 0.104. The Bertz CT molecular complexity index is 729. The predicted molar refractivity (Wildman–Crippen MR) is 82.2 cm³/mol. The maximum atomic E-state index is 12.3. The number of aromatic nitrogens is 1. The van der Waals surface area contributed by atoms with Crippen LogP contribution >= 0.6 is 11.5 Å². The van der Waals surface area contributed by atoms with Gasteiger partial charge in [0.05, 0.1) is 10.6 Å². The fourth-order valence-electron chi connectivity index (χ4n) is 1.97. The number of hydrogen-bond donors (Lipinski definition) is 0. The average molecular weight is 279 g/mol. The number of aryl methyl sites for hydroxylation is 1. The Morgan fingerprint density at radius 3 is 2.40 bits per heavy atom. The van der Waals surface area contributed by atoms with Gasteiger partial charge in [0.1, 0.15) is 0 Å². The lowest BCUT2D eigenvalue weighted by Gasteiger charge is -1.97. The molecule has 1 aromatic heterocycles. The second kappa shape index (κ2) is 5.39. The van der Waals surface area contributed by atoms with Crippen molar-refractivity contribution in [2.24, 2.45) is 0 Å². The Kier molecular flexibility index (Phi) is 3.44. The molecule has 0 aliphatic carbocycles. The highest BCUT2D eigenvalue weighted by molar-refractivity contribution is 7.08. The molecule has 0 fully saturated rings. The van der Waals surface area contributed by atoms with Crippen molar-refractivity contribution in [1.29, 1.82) is 0 Å². The van der Waals surface area contributed by atoms with Crippen molar-refractivity contribution in [2.45, 2.75) is 6.92 Å². The van der Waals surface area contributed by atoms with Gasteiger partial charge in [-0.1, -0.05) is 60.2 Å². The van der Waals surface area contributed by atoms with Gasteiger partial charge in [-0.25, -0.2) is 0 Å². The Labute approximate surface area is 121 Å². The van der Waals surface area contributed by atoms with Crippen molar-refractivity contribution in [2.75, 3.05) is 0 Å². The van der Waals surface area contributed by atoms with Crippen molar-refractivity contribution in [3.8, 4) is 11.3 Å². The van der Waals surface area contributed by atoms with Crippen LogP contribution < -0.4 is 0 Å². The largest absolute Gasteiger partial charge is 0.288 e. The molecule has 0 unspecified atom stereocenters. The number of nitrogens with zero attached hydrogens (tertiary/aromatic N) is 1. The third-order valence-electron chi connectivity index (χ3n) is 3.12. The van der Waals surface area contributed by atoms with Crippen LogP contribution in [-0.4, -0.2) is 10.2 Å². The smallest absolute Gasteiger partial charge is 0.204 e. The minimum atomic E-state index is 0.0291. The summed E-state index contributed by atoms with van der Waals surface area (Å²) in [6.45, 7) is 2.05. The summed E-state index contributed by atoms with van der Waals surface area (Å²) in [5.41, 5.74) is 3.81. The molecule has 0 N–H and O–H groups in total. The van der Waals surface area contributed by atoms with E-state index in [1.54, 1.807) is 0 Å². The van der Waals surface area contributed by atoms with Crippen LogP contribution in [0.1, 0.15) is 20.8 Å². The maximum absolute atomic E-state index is 12.3. The van der Waals surface area contributed by atoms with E-state index in [9.17, 15) is 4.79 Å². The van der Waals surface area contributed by atoms with Crippen molar-refractivity contribution in [3.63, 3.8) is 0 Å². The first-order valence-electron chi connectivity index (χ1n) is 6.37. The molecule has 0 aliphatic rings. The minimum Gasteiger partial charge on any atom is -0.288 e. The van der Waals surface area contributed by atoms with Gasteiger partial charge >= 0.3 is 0 Å². The molecular weight excluding hydrogens is 266 g/mol. The molecule has 98 valence electrons. The van der Waals surface area contributed by atoms with Gasteiger partial charge in [0.2, 0.25) is 5.78 Å². The zero-order valence-electron chi connectivity index (χ0n) is 11.0. The highest BCUT2D eigenvalue weighted by Gasteiger charge is 2.13. The fourth-order valence-corrected chi connectivity index (χ4v) is 2.69. The van der Waals surface area contributed by atoms with Gasteiger partial charge in [-0.2, -0.15) is 4.37 Å². The van der Waals surface area contributed by atoms with Gasteiger partial charge < -0.3 is 0 Å². The second-order valence-corrected chi connectivity index (χ2v) is 5.44. The first-order chi connectivity index (χ1) is 9.74. The van der Waals surface area contributed by atoms with Gasteiger partial charge in [-0.05, 0) is 24.5 Å². The van der Waals surface area contributed by atoms with Crippen LogP contribution in [0.4, 0.5) is 0 Å². The molecule has 0 atom stereocenters. The number of rotatable bonds is 3. The SMILES string of the molecule is Cc1ccc(-c2cc(C(=O)c3ccccc3)sn2)cc1. The molecule has 0 bridgehead atoms. The van der Waals surface area contributed by atoms with Crippen LogP contribution in [0.5, 0.6) is 0 Å². The van der Waals surface area contributed by atoms with Gasteiger partial charge in [-0.15, -0.1) is 0 Å². The standard InChI is InChI=1S/C17H13NOS/c1-12-7-9-13(10-8-12)15-11-16(20-18-15)17(19)14-5-3-2-4-6-14/h2-11H,1H3. The van der Waals surface area contributed by atoms with E-state index >= 15 is 0 Å². The van der Waals surface area contributed by atoms with Crippen LogP contribution in [0.15, 0.2) is 60.7 Å². The van der Waals surface area contributed by atoms with Crippen molar-refractivity contribution >= 4 is 17.3 Å². The molecule has 3 heteroatoms. The lowest BCUT2D eigenvalue weighted by Crippen LogP contribution is -1.97. The summed E-state index contributed by atoms with van der Waals surface area (Å²) in [4.78, 5) is 13.0. The molecule has 0 radical (unpaired) electrons. The van der Waals surface area contributed by atoms with Crippen molar-refractivity contribution < 1.29 is 4.79 Å². The number of carbonyl (C=O) groups excluding carboxylic acids is 1. The van der Waals surface area contributed by atoms with Gasteiger partial charge in [0.25, 0.3) is 0 Å². The summed E-state index contributed by atoms with van der Waals surface area (Å²) >= 11 is 1.25. The predicted octanol–water partition coefficient (Wildman–Crippen LogP) is 4.35. The summed E-state index contributed by atoms with van der Waals surface area (Å²) in [6, 6.07) is 19.3. The molecule has 0 saturated heterocycles. The number of hydrogen-bond acceptors (Lipinski definition) is 3. The van der Waals surface area contributed by atoms with E-state index in [4.69, 9.17) is 0 Å². The number of ketones is 1. The van der Waals surface area contributed by atoms with Crippen LogP contribution in [0.2, 0.25) is 0 Å². The van der Waals surface area contributed by atoms with Crippen LogP contribution in [0.3, 0.4) is 0 Å². The van der Waals surface area contributed by atoms with E-state index in [0.717, 1.165) is 11.3 Å². The highest BCUT2D eigenvalue weighted by Crippen LogP contribution is 2.24. The zero-order valence-corrected chi connectivity index (χ0v) is 11.9. The van der Waals surface area contributed by atoms with Crippen molar-refractivity contribution in [1.82, 2.24) is 4.37 Å². The molecule has 0 saturated carbocycles. The summed E-state index contributed by atoms with van der Waals surface area (Å²) in [5.74, 6) is 0.0291. The molecule has 0 amide bonds. The Morgan fingerprint density at radius 1 is 1.00 bits per heavy atom. The zero-order chi connectivity index (χ0) is 13.9. The van der Waals surface area contributed by atoms with E-state index in [1.807, 2.05) is 60.7 Å². The van der Waals surface area contributed by atoms with E-state index in [-0.39, 0.29) is 5.78 Å². The molecular formula is C17H13NOS. The average Bonchev–Trinajstić information content (AvgIpc) is 2.98. The Hall–Kier alpha value is -2.26. The first kappa shape index (κ1) is 12.8. The summed E-state index contributed by atoms with van der Waals surface area (Å²) in [6.07, 6.45) is 0. The third kappa shape index (κ3) is 2.53. The number of carbonyl (C=O) groups is 1. The van der Waals surface area contributed by atoms with Crippen LogP contribution in [0.25, 0.3) is 11.3 Å². The molecule has 2 aromatic carbocycles. The monoisotopic (exact) mass is 279 g/mol. The lowest BCUT2D eigenvalue weighted by atomic mass is 10.1. The van der Waals surface area contributed by atoms with E-state index in [1.165, 1.54) is 17.1 Å². The van der Waals surface area contributed by atoms with Crippen LogP contribution in [0, 0.1) is 6.92 Å². The van der Waals surface area contributed by atoms with E-state index in [0.29, 0.717) is 10.4 Å². The summed E-state index contributed by atoms with van der Waals surface area (Å²) in [5, 5.41) is 0. The molecule has 3 aromatic rings. The van der Waals surface area contributed by atoms with Gasteiger partial charge in [0, 0.05) is 11.1 Å². The minimum absolute atomic E-state index is 0.0291. The van der Waals surface area contributed by atoms with E-state index in [2.05, 4.69) is 11.3 Å². The maximum Gasteiger partial charge on any atom is 0.204 e. The molecule has 0 aliphatic heterocycles. The molecule has 0 spiro atoms. The molecule has 20 heavy (non-hydrogen) atoms. The second-order valence-electron chi connectivity index (χ2n) is 4.64. The molecule has 2 nitrogen and oxygen atoms in total. The quantitative estimate of drug-likeness (QED) is 0.667. The van der Waals surface area contributed by atoms with Gasteiger partial charge in [-0.3, -0.25) is 4.79 Å². The van der Waals surface area contributed by atoms with Crippen molar-refractivity contribution in [3.05, 3.63) is 76.7 Å². The third-order valence-corrected chi connectivity index (χ3v) is 3.91. The Morgan fingerprint density at radius 2 is 1.70 bits per heavy atom. The fraction of sp³-hybridized carbons (Fsp3) is 0.0588. The Balaban J connectivity index is 1.91. The van der Waals surface area contributed by atoms with E-state index < -0.39 is 0 Å². The molecule has 3 rings (SSSR count). The molecule has 1 heterocycles. The summed E-state index contributed by atoms with van der Waals surface area (Å²) in [7, 11) is 0. The van der Waals surface area contributed by atoms with Gasteiger partial charge in [0.15, 0.2) is 0 Å². The van der Waals surface area contributed by atoms with Crippen LogP contribution in [-0.2, 0) is 0 Å². The first-order valence-corrected chi connectivity index (χ1v) is 7.15. The summed E-state index contributed by atoms with van der Waals surface area (Å²) < 4.78 is 4.38. The number of benzene rings is 2. The highest BCUT2D eigenvalue weighted by atomic mass is 32.1.